The Hall–Kier alpha value is -0.300. The average Bonchev–Trinajstić information content (AvgIpc) is 1.90. The molecule has 0 aromatic rings. The van der Waals surface area contributed by atoms with Gasteiger partial charge in [0.2, 0.25) is 0 Å². The Labute approximate surface area is 50.3 Å². The fraction of sp³-hybridized carbons (Fsp3) is 0.714. The Balaban J connectivity index is 2.27. The van der Waals surface area contributed by atoms with E-state index in [2.05, 4.69) is 12.2 Å². The molecule has 8 heavy (non-hydrogen) atoms. The second kappa shape index (κ2) is 2.88. The molecule has 0 spiro atoms. The van der Waals surface area contributed by atoms with Gasteiger partial charge in [0, 0.05) is 7.11 Å². The van der Waals surface area contributed by atoms with Crippen LogP contribution in [-0.2, 0) is 4.74 Å². The topological polar surface area (TPSA) is 9.23 Å². The third-order valence-electron chi connectivity index (χ3n) is 1.55. The van der Waals surface area contributed by atoms with Gasteiger partial charge in [-0.2, -0.15) is 0 Å². The van der Waals surface area contributed by atoms with E-state index in [9.17, 15) is 0 Å². The van der Waals surface area contributed by atoms with Crippen molar-refractivity contribution in [2.24, 2.45) is 0 Å². The molecule has 0 bridgehead atoms. The van der Waals surface area contributed by atoms with Crippen molar-refractivity contribution < 1.29 is 4.74 Å². The minimum Gasteiger partial charge on any atom is -0.381 e. The van der Waals surface area contributed by atoms with E-state index in [-0.39, 0.29) is 0 Å². The van der Waals surface area contributed by atoms with Crippen LogP contribution in [0, 0.1) is 0 Å². The van der Waals surface area contributed by atoms with Gasteiger partial charge in [0.1, 0.15) is 0 Å². The third-order valence-corrected chi connectivity index (χ3v) is 1.55. The maximum atomic E-state index is 5.14. The SMILES string of the molecule is CO[C@H]1CC=CCC1. The molecule has 0 unspecified atom stereocenters. The van der Waals surface area contributed by atoms with Crippen molar-refractivity contribution >= 4 is 0 Å². The highest BCUT2D eigenvalue weighted by Crippen LogP contribution is 2.12. The fourth-order valence-corrected chi connectivity index (χ4v) is 0.980. The molecule has 0 aromatic heterocycles. The van der Waals surface area contributed by atoms with Gasteiger partial charge in [-0.1, -0.05) is 12.2 Å². The molecule has 0 aromatic carbocycles. The number of ether oxygens (including phenoxy) is 1. The zero-order valence-electron chi connectivity index (χ0n) is 5.26. The monoisotopic (exact) mass is 112 g/mol. The molecule has 0 heterocycles. The minimum atomic E-state index is 0.500. The van der Waals surface area contributed by atoms with Crippen LogP contribution in [0.2, 0.25) is 0 Å². The second-order valence-electron chi connectivity index (χ2n) is 2.14. The summed E-state index contributed by atoms with van der Waals surface area (Å²) in [5, 5.41) is 0. The maximum Gasteiger partial charge on any atom is 0.0608 e. The molecular formula is C7H12O. The second-order valence-corrected chi connectivity index (χ2v) is 2.14. The highest BCUT2D eigenvalue weighted by atomic mass is 16.5. The summed E-state index contributed by atoms with van der Waals surface area (Å²) in [5.74, 6) is 0. The van der Waals surface area contributed by atoms with Crippen LogP contribution in [0.1, 0.15) is 19.3 Å². The molecule has 1 aliphatic rings. The average molecular weight is 112 g/mol. The molecular weight excluding hydrogens is 100 g/mol. The van der Waals surface area contributed by atoms with Gasteiger partial charge in [-0.05, 0) is 19.3 Å². The van der Waals surface area contributed by atoms with Gasteiger partial charge in [-0.3, -0.25) is 0 Å². The van der Waals surface area contributed by atoms with Gasteiger partial charge in [0.25, 0.3) is 0 Å². The first-order chi connectivity index (χ1) is 3.93. The van der Waals surface area contributed by atoms with Crippen molar-refractivity contribution in [2.75, 3.05) is 7.11 Å². The number of rotatable bonds is 1. The van der Waals surface area contributed by atoms with Crippen molar-refractivity contribution in [3.63, 3.8) is 0 Å². The van der Waals surface area contributed by atoms with E-state index in [1.54, 1.807) is 7.11 Å². The summed E-state index contributed by atoms with van der Waals surface area (Å²) in [7, 11) is 1.78. The van der Waals surface area contributed by atoms with Crippen LogP contribution in [0.5, 0.6) is 0 Å². The van der Waals surface area contributed by atoms with Crippen LogP contribution in [-0.4, -0.2) is 13.2 Å². The summed E-state index contributed by atoms with van der Waals surface area (Å²) in [5.41, 5.74) is 0. The van der Waals surface area contributed by atoms with Crippen molar-refractivity contribution in [3.8, 4) is 0 Å². The van der Waals surface area contributed by atoms with E-state index in [0.29, 0.717) is 6.10 Å². The Morgan fingerprint density at radius 2 is 2.38 bits per heavy atom. The molecule has 0 N–H and O–H groups in total. The summed E-state index contributed by atoms with van der Waals surface area (Å²) >= 11 is 0. The van der Waals surface area contributed by atoms with Crippen molar-refractivity contribution in [2.45, 2.75) is 25.4 Å². The van der Waals surface area contributed by atoms with Crippen molar-refractivity contribution in [1.29, 1.82) is 0 Å². The lowest BCUT2D eigenvalue weighted by atomic mass is 10.1. The van der Waals surface area contributed by atoms with E-state index in [1.807, 2.05) is 0 Å². The lowest BCUT2D eigenvalue weighted by Crippen LogP contribution is -2.10. The fourth-order valence-electron chi connectivity index (χ4n) is 0.980. The Morgan fingerprint density at radius 1 is 1.50 bits per heavy atom. The molecule has 46 valence electrons. The molecule has 0 radical (unpaired) electrons. The van der Waals surface area contributed by atoms with E-state index in [1.165, 1.54) is 12.8 Å². The smallest absolute Gasteiger partial charge is 0.0608 e. The number of hydrogen-bond acceptors (Lipinski definition) is 1. The van der Waals surface area contributed by atoms with Gasteiger partial charge in [0.05, 0.1) is 6.10 Å². The van der Waals surface area contributed by atoms with Gasteiger partial charge >= 0.3 is 0 Å². The van der Waals surface area contributed by atoms with Gasteiger partial charge < -0.3 is 4.74 Å². The molecule has 0 saturated carbocycles. The molecule has 0 fully saturated rings. The standard InChI is InChI=1S/C7H12O/c1-8-7-5-3-2-4-6-7/h2-3,7H,4-6H2,1H3/t7-/m0/s1. The highest BCUT2D eigenvalue weighted by molar-refractivity contribution is 4.90. The summed E-state index contributed by atoms with van der Waals surface area (Å²) in [4.78, 5) is 0. The first-order valence-corrected chi connectivity index (χ1v) is 3.11. The highest BCUT2D eigenvalue weighted by Gasteiger charge is 2.05. The van der Waals surface area contributed by atoms with Crippen LogP contribution in [0.25, 0.3) is 0 Å². The van der Waals surface area contributed by atoms with Gasteiger partial charge in [0.15, 0.2) is 0 Å². The first-order valence-electron chi connectivity index (χ1n) is 3.11. The van der Waals surface area contributed by atoms with E-state index in [0.717, 1.165) is 6.42 Å². The van der Waals surface area contributed by atoms with E-state index in [4.69, 9.17) is 4.74 Å². The quantitative estimate of drug-likeness (QED) is 0.469. The number of methoxy groups -OCH3 is 1. The summed E-state index contributed by atoms with van der Waals surface area (Å²) in [6.45, 7) is 0. The predicted molar refractivity (Wildman–Crippen MR) is 33.8 cm³/mol. The van der Waals surface area contributed by atoms with E-state index >= 15 is 0 Å². The molecule has 1 nitrogen and oxygen atoms in total. The normalized spacial score (nSPS) is 28.4. The predicted octanol–water partition coefficient (Wildman–Crippen LogP) is 1.74. The van der Waals surface area contributed by atoms with Gasteiger partial charge in [-0.15, -0.1) is 0 Å². The van der Waals surface area contributed by atoms with Crippen LogP contribution in [0.3, 0.4) is 0 Å². The molecule has 1 heteroatoms. The molecule has 0 saturated heterocycles. The van der Waals surface area contributed by atoms with Gasteiger partial charge in [-0.25, -0.2) is 0 Å². The summed E-state index contributed by atoms with van der Waals surface area (Å²) < 4.78 is 5.14. The van der Waals surface area contributed by atoms with Crippen LogP contribution in [0.15, 0.2) is 12.2 Å². The summed E-state index contributed by atoms with van der Waals surface area (Å²) in [6.07, 6.45) is 8.41. The lowest BCUT2D eigenvalue weighted by Gasteiger charge is -2.14. The van der Waals surface area contributed by atoms with Crippen molar-refractivity contribution in [1.82, 2.24) is 0 Å². The number of hydrogen-bond donors (Lipinski definition) is 0. The largest absolute Gasteiger partial charge is 0.381 e. The number of allylic oxidation sites excluding steroid dienone is 1. The maximum absolute atomic E-state index is 5.14. The molecule has 1 atom stereocenters. The zero-order valence-corrected chi connectivity index (χ0v) is 5.26. The van der Waals surface area contributed by atoms with Crippen LogP contribution in [0.4, 0.5) is 0 Å². The summed E-state index contributed by atoms with van der Waals surface area (Å²) in [6, 6.07) is 0. The molecule has 1 rings (SSSR count). The lowest BCUT2D eigenvalue weighted by molar-refractivity contribution is 0.0954. The minimum absolute atomic E-state index is 0.500. The first kappa shape index (κ1) is 5.83. The van der Waals surface area contributed by atoms with E-state index < -0.39 is 0 Å². The van der Waals surface area contributed by atoms with Crippen LogP contribution < -0.4 is 0 Å². The van der Waals surface area contributed by atoms with Crippen LogP contribution >= 0.6 is 0 Å². The molecule has 1 aliphatic carbocycles. The Kier molecular flexibility index (Phi) is 2.10. The molecule has 0 amide bonds. The Morgan fingerprint density at radius 3 is 2.75 bits per heavy atom. The Bertz CT molecular complexity index is 86.4. The molecule has 0 aliphatic heterocycles. The van der Waals surface area contributed by atoms with Crippen molar-refractivity contribution in [3.05, 3.63) is 12.2 Å². The zero-order chi connectivity index (χ0) is 5.82. The third kappa shape index (κ3) is 1.34.